The Hall–Kier alpha value is -1.92. The molecule has 1 aliphatic heterocycles. The minimum Gasteiger partial charge on any atom is -0.511 e. The van der Waals surface area contributed by atoms with Crippen molar-refractivity contribution in [2.24, 2.45) is 29.1 Å². The fraction of sp³-hybridized carbons (Fsp3) is 0.636. The van der Waals surface area contributed by atoms with E-state index in [1.54, 1.807) is 0 Å². The van der Waals surface area contributed by atoms with Crippen molar-refractivity contribution in [1.29, 1.82) is 0 Å². The van der Waals surface area contributed by atoms with Crippen molar-refractivity contribution in [1.82, 2.24) is 4.90 Å². The SMILES string of the molecule is C/C=C/[C@@H]1C=C[C@H]2C[C@H](CO)CC[C@@H]2[C@]1(C)/C(O)=C1/C(=O)[C@@H](CO)N(C)C1=O. The first-order valence-corrected chi connectivity index (χ1v) is 10.1. The molecule has 3 aliphatic rings. The van der Waals surface area contributed by atoms with Crippen LogP contribution in [-0.4, -0.2) is 58.2 Å². The third-order valence-corrected chi connectivity index (χ3v) is 7.17. The molecule has 2 aliphatic carbocycles. The van der Waals surface area contributed by atoms with E-state index >= 15 is 0 Å². The average Bonchev–Trinajstić information content (AvgIpc) is 2.91. The highest BCUT2D eigenvalue weighted by Gasteiger charge is 2.54. The van der Waals surface area contributed by atoms with Gasteiger partial charge in [-0.05, 0) is 43.9 Å². The maximum atomic E-state index is 12.8. The molecule has 0 aromatic heterocycles. The molecule has 28 heavy (non-hydrogen) atoms. The van der Waals surface area contributed by atoms with Crippen molar-refractivity contribution < 1.29 is 24.9 Å². The smallest absolute Gasteiger partial charge is 0.261 e. The second-order valence-electron chi connectivity index (χ2n) is 8.55. The van der Waals surface area contributed by atoms with Crippen molar-refractivity contribution in [2.45, 2.75) is 39.2 Å². The molecule has 1 heterocycles. The number of ketones is 1. The summed E-state index contributed by atoms with van der Waals surface area (Å²) in [6, 6.07) is -0.937. The molecule has 6 heteroatoms. The van der Waals surface area contributed by atoms with Crippen molar-refractivity contribution in [2.75, 3.05) is 20.3 Å². The van der Waals surface area contributed by atoms with Crippen LogP contribution in [0.1, 0.15) is 33.1 Å². The Labute approximate surface area is 166 Å². The molecule has 0 aromatic carbocycles. The summed E-state index contributed by atoms with van der Waals surface area (Å²) in [7, 11) is 1.48. The lowest BCUT2D eigenvalue weighted by Gasteiger charge is -2.50. The Morgan fingerprint density at radius 1 is 1.25 bits per heavy atom. The summed E-state index contributed by atoms with van der Waals surface area (Å²) in [4.78, 5) is 26.7. The van der Waals surface area contributed by atoms with Crippen LogP contribution >= 0.6 is 0 Å². The van der Waals surface area contributed by atoms with Gasteiger partial charge in [0.15, 0.2) is 5.78 Å². The summed E-state index contributed by atoms with van der Waals surface area (Å²) in [6.45, 7) is 3.54. The molecule has 6 nitrogen and oxygen atoms in total. The number of hydrogen-bond acceptors (Lipinski definition) is 5. The second kappa shape index (κ2) is 7.84. The van der Waals surface area contributed by atoms with Gasteiger partial charge in [-0.2, -0.15) is 0 Å². The van der Waals surface area contributed by atoms with Gasteiger partial charge in [0, 0.05) is 25.0 Å². The van der Waals surface area contributed by atoms with E-state index in [4.69, 9.17) is 0 Å². The highest BCUT2D eigenvalue weighted by Crippen LogP contribution is 2.56. The molecule has 0 radical (unpaired) electrons. The number of nitrogens with zero attached hydrogens (tertiary/aromatic N) is 1. The number of aliphatic hydroxyl groups excluding tert-OH is 3. The lowest BCUT2D eigenvalue weighted by Crippen LogP contribution is -2.46. The summed E-state index contributed by atoms with van der Waals surface area (Å²) in [5, 5.41) is 30.5. The Balaban J connectivity index is 2.11. The Morgan fingerprint density at radius 2 is 1.96 bits per heavy atom. The number of hydrogen-bond donors (Lipinski definition) is 3. The standard InChI is InChI=1S/C22H31NO5/c1-4-5-15-8-7-14-10-13(11-24)6-9-16(14)22(15,2)20(27)18-19(26)17(12-25)23(3)21(18)28/h4-5,7-8,13-17,24-25,27H,6,9-12H2,1-3H3/b5-4+,20-18+/t13-,14+,15-,16+,17-,22-/m1/s1. The first-order chi connectivity index (χ1) is 13.3. The number of allylic oxidation sites excluding steroid dienone is 5. The first kappa shape index (κ1) is 20.8. The Morgan fingerprint density at radius 3 is 2.54 bits per heavy atom. The minimum atomic E-state index is -0.937. The molecule has 0 bridgehead atoms. The van der Waals surface area contributed by atoms with Gasteiger partial charge >= 0.3 is 0 Å². The van der Waals surface area contributed by atoms with Crippen LogP contribution < -0.4 is 0 Å². The van der Waals surface area contributed by atoms with Gasteiger partial charge < -0.3 is 20.2 Å². The van der Waals surface area contributed by atoms with Crippen molar-refractivity contribution in [3.63, 3.8) is 0 Å². The Bertz CT molecular complexity index is 739. The molecule has 2 fully saturated rings. The predicted octanol–water partition coefficient (Wildman–Crippen LogP) is 1.99. The zero-order valence-corrected chi connectivity index (χ0v) is 16.8. The molecule has 1 saturated heterocycles. The van der Waals surface area contributed by atoms with Gasteiger partial charge in [-0.25, -0.2) is 0 Å². The van der Waals surface area contributed by atoms with Gasteiger partial charge in [0.05, 0.1) is 6.61 Å². The van der Waals surface area contributed by atoms with Gasteiger partial charge in [0.25, 0.3) is 5.91 Å². The molecular formula is C22H31NO5. The molecule has 1 saturated carbocycles. The van der Waals surface area contributed by atoms with Crippen molar-refractivity contribution in [3.8, 4) is 0 Å². The van der Waals surface area contributed by atoms with Gasteiger partial charge in [-0.3, -0.25) is 9.59 Å². The topological polar surface area (TPSA) is 98.1 Å². The van der Waals surface area contributed by atoms with Gasteiger partial charge in [0.2, 0.25) is 0 Å². The average molecular weight is 389 g/mol. The fourth-order valence-electron chi connectivity index (χ4n) is 5.39. The summed E-state index contributed by atoms with van der Waals surface area (Å²) in [6.07, 6.45) is 10.6. The number of Topliss-reactive ketones (excluding diaryl/α,β-unsaturated/α-hetero) is 1. The zero-order chi connectivity index (χ0) is 20.6. The third-order valence-electron chi connectivity index (χ3n) is 7.17. The van der Waals surface area contributed by atoms with Crippen LogP contribution in [0.15, 0.2) is 35.6 Å². The number of rotatable bonds is 4. The van der Waals surface area contributed by atoms with E-state index in [9.17, 15) is 24.9 Å². The van der Waals surface area contributed by atoms with E-state index < -0.39 is 29.8 Å². The predicted molar refractivity (Wildman–Crippen MR) is 105 cm³/mol. The first-order valence-electron chi connectivity index (χ1n) is 10.1. The number of carbonyl (C=O) groups excluding carboxylic acids is 2. The number of likely N-dealkylation sites (tertiary alicyclic amines) is 1. The van der Waals surface area contributed by atoms with Crippen LogP contribution in [0.5, 0.6) is 0 Å². The number of fused-ring (bicyclic) bond motifs is 1. The van der Waals surface area contributed by atoms with Crippen LogP contribution in [0.4, 0.5) is 0 Å². The molecule has 0 spiro atoms. The van der Waals surface area contributed by atoms with E-state index in [0.29, 0.717) is 0 Å². The molecule has 0 unspecified atom stereocenters. The number of carbonyl (C=O) groups is 2. The van der Waals surface area contributed by atoms with Crippen LogP contribution in [0.25, 0.3) is 0 Å². The molecule has 3 N–H and O–H groups in total. The maximum absolute atomic E-state index is 12.8. The summed E-state index contributed by atoms with van der Waals surface area (Å²) >= 11 is 0. The van der Waals surface area contributed by atoms with E-state index in [-0.39, 0.29) is 41.6 Å². The number of aliphatic hydroxyl groups is 3. The summed E-state index contributed by atoms with van der Waals surface area (Å²) < 4.78 is 0. The monoisotopic (exact) mass is 389 g/mol. The number of likely N-dealkylation sites (N-methyl/N-ethyl adjacent to an activating group) is 1. The van der Waals surface area contributed by atoms with Gasteiger partial charge in [-0.1, -0.05) is 31.2 Å². The molecule has 0 aromatic rings. The molecule has 154 valence electrons. The minimum absolute atomic E-state index is 0.0630. The summed E-state index contributed by atoms with van der Waals surface area (Å²) in [5.74, 6) is -0.861. The molecule has 3 rings (SSSR count). The molecule has 1 amide bonds. The summed E-state index contributed by atoms with van der Waals surface area (Å²) in [5.41, 5.74) is -0.977. The van der Waals surface area contributed by atoms with Gasteiger partial charge in [0.1, 0.15) is 17.4 Å². The van der Waals surface area contributed by atoms with E-state index in [1.165, 1.54) is 11.9 Å². The van der Waals surface area contributed by atoms with Crippen molar-refractivity contribution in [3.05, 3.63) is 35.6 Å². The Kier molecular flexibility index (Phi) is 5.82. The van der Waals surface area contributed by atoms with Crippen LogP contribution in [0.2, 0.25) is 0 Å². The lowest BCUT2D eigenvalue weighted by atomic mass is 9.54. The molecular weight excluding hydrogens is 358 g/mol. The zero-order valence-electron chi connectivity index (χ0n) is 16.8. The van der Waals surface area contributed by atoms with Crippen molar-refractivity contribution >= 4 is 11.7 Å². The van der Waals surface area contributed by atoms with E-state index in [1.807, 2.05) is 26.0 Å². The highest BCUT2D eigenvalue weighted by molar-refractivity contribution is 6.26. The highest BCUT2D eigenvalue weighted by atomic mass is 16.3. The quantitative estimate of drug-likeness (QED) is 0.296. The fourth-order valence-corrected chi connectivity index (χ4v) is 5.39. The van der Waals surface area contributed by atoms with E-state index in [0.717, 1.165) is 19.3 Å². The maximum Gasteiger partial charge on any atom is 0.261 e. The third kappa shape index (κ3) is 3.03. The molecule has 6 atom stereocenters. The normalized spacial score (nSPS) is 40.3. The largest absolute Gasteiger partial charge is 0.511 e. The van der Waals surface area contributed by atoms with Gasteiger partial charge in [-0.15, -0.1) is 0 Å². The van der Waals surface area contributed by atoms with Crippen LogP contribution in [0.3, 0.4) is 0 Å². The second-order valence-corrected chi connectivity index (χ2v) is 8.55. The lowest BCUT2D eigenvalue weighted by molar-refractivity contribution is -0.126. The van der Waals surface area contributed by atoms with E-state index in [2.05, 4.69) is 12.2 Å². The number of amides is 1. The van der Waals surface area contributed by atoms with Crippen LogP contribution in [-0.2, 0) is 9.59 Å². The van der Waals surface area contributed by atoms with Crippen LogP contribution in [0, 0.1) is 29.1 Å².